The molecule has 5 heteroatoms. The van der Waals surface area contributed by atoms with Crippen LogP contribution in [0, 0.1) is 5.82 Å². The number of thiazole rings is 1. The number of methoxy groups -OCH3 is 1. The predicted octanol–water partition coefficient (Wildman–Crippen LogP) is 3.61. The van der Waals surface area contributed by atoms with E-state index < -0.39 is 0 Å². The van der Waals surface area contributed by atoms with Gasteiger partial charge in [-0.3, -0.25) is 0 Å². The van der Waals surface area contributed by atoms with Crippen molar-refractivity contribution in [2.45, 2.75) is 0 Å². The van der Waals surface area contributed by atoms with Crippen molar-refractivity contribution in [3.8, 4) is 16.3 Å². The number of benzene rings is 1. The summed E-state index contributed by atoms with van der Waals surface area (Å²) in [6.07, 6.45) is 0. The van der Waals surface area contributed by atoms with Gasteiger partial charge in [-0.1, -0.05) is 11.6 Å². The molecule has 15 heavy (non-hydrogen) atoms. The summed E-state index contributed by atoms with van der Waals surface area (Å²) in [6, 6.07) is 4.30. The van der Waals surface area contributed by atoms with Gasteiger partial charge in [0, 0.05) is 5.38 Å². The molecule has 0 aliphatic rings. The second-order valence-corrected chi connectivity index (χ2v) is 4.07. The molecule has 2 aromatic rings. The second kappa shape index (κ2) is 4.16. The zero-order valence-electron chi connectivity index (χ0n) is 7.83. The Bertz CT molecular complexity index is 486. The molecule has 0 aliphatic heterocycles. The molecule has 0 fully saturated rings. The Morgan fingerprint density at radius 1 is 1.47 bits per heavy atom. The Morgan fingerprint density at radius 3 is 2.87 bits per heavy atom. The summed E-state index contributed by atoms with van der Waals surface area (Å²) >= 11 is 7.06. The molecule has 0 unspecified atom stereocenters. The van der Waals surface area contributed by atoms with Crippen molar-refractivity contribution >= 4 is 22.9 Å². The van der Waals surface area contributed by atoms with E-state index in [1.165, 1.54) is 30.6 Å². The number of nitrogens with zero attached hydrogens (tertiary/aromatic N) is 1. The number of rotatable bonds is 2. The Kier molecular flexibility index (Phi) is 2.88. The largest absolute Gasteiger partial charge is 0.496 e. The maximum absolute atomic E-state index is 13.1. The molecule has 0 radical (unpaired) electrons. The van der Waals surface area contributed by atoms with E-state index in [4.69, 9.17) is 16.3 Å². The standard InChI is InChI=1S/C10H7ClFNOS/c1-14-8-3-2-6(12)4-7(8)10-13-9(11)5-15-10/h2-5H,1H3. The molecule has 0 amide bonds. The Morgan fingerprint density at radius 2 is 2.27 bits per heavy atom. The lowest BCUT2D eigenvalue weighted by Gasteiger charge is -2.05. The van der Waals surface area contributed by atoms with Gasteiger partial charge < -0.3 is 4.74 Å². The smallest absolute Gasteiger partial charge is 0.140 e. The van der Waals surface area contributed by atoms with Crippen molar-refractivity contribution in [3.05, 3.63) is 34.5 Å². The third kappa shape index (κ3) is 2.11. The van der Waals surface area contributed by atoms with Crippen molar-refractivity contribution in [1.82, 2.24) is 4.98 Å². The molecule has 0 saturated carbocycles. The van der Waals surface area contributed by atoms with Gasteiger partial charge in [0.15, 0.2) is 0 Å². The third-order valence-corrected chi connectivity index (χ3v) is 3.07. The Hall–Kier alpha value is -1.13. The van der Waals surface area contributed by atoms with Crippen LogP contribution in [0.4, 0.5) is 4.39 Å². The summed E-state index contributed by atoms with van der Waals surface area (Å²) in [6.45, 7) is 0. The van der Waals surface area contributed by atoms with Crippen molar-refractivity contribution in [2.24, 2.45) is 0 Å². The average molecular weight is 244 g/mol. The van der Waals surface area contributed by atoms with E-state index in [9.17, 15) is 4.39 Å². The summed E-state index contributed by atoms with van der Waals surface area (Å²) < 4.78 is 18.2. The monoisotopic (exact) mass is 243 g/mol. The van der Waals surface area contributed by atoms with Gasteiger partial charge in [0.05, 0.1) is 12.7 Å². The average Bonchev–Trinajstić information content (AvgIpc) is 2.65. The molecule has 0 N–H and O–H groups in total. The number of ether oxygens (including phenoxy) is 1. The van der Waals surface area contributed by atoms with Crippen LogP contribution in [0.15, 0.2) is 23.6 Å². The fraction of sp³-hybridized carbons (Fsp3) is 0.100. The SMILES string of the molecule is COc1ccc(F)cc1-c1nc(Cl)cs1. The highest BCUT2D eigenvalue weighted by atomic mass is 35.5. The molecular weight excluding hydrogens is 237 g/mol. The molecule has 78 valence electrons. The van der Waals surface area contributed by atoms with Gasteiger partial charge in [-0.05, 0) is 18.2 Å². The van der Waals surface area contributed by atoms with Crippen molar-refractivity contribution in [2.75, 3.05) is 7.11 Å². The molecular formula is C10H7ClFNOS. The van der Waals surface area contributed by atoms with Crippen molar-refractivity contribution in [1.29, 1.82) is 0 Å². The summed E-state index contributed by atoms with van der Waals surface area (Å²) in [7, 11) is 1.53. The fourth-order valence-electron chi connectivity index (χ4n) is 1.23. The lowest BCUT2D eigenvalue weighted by atomic mass is 10.2. The van der Waals surface area contributed by atoms with Crippen LogP contribution < -0.4 is 4.74 Å². The van der Waals surface area contributed by atoms with E-state index in [-0.39, 0.29) is 5.82 Å². The van der Waals surface area contributed by atoms with Gasteiger partial charge in [-0.2, -0.15) is 0 Å². The van der Waals surface area contributed by atoms with E-state index in [1.807, 2.05) is 0 Å². The number of hydrogen-bond acceptors (Lipinski definition) is 3. The second-order valence-electron chi connectivity index (χ2n) is 2.82. The minimum Gasteiger partial charge on any atom is -0.496 e. The topological polar surface area (TPSA) is 22.1 Å². The van der Waals surface area contributed by atoms with E-state index in [0.29, 0.717) is 21.5 Å². The van der Waals surface area contributed by atoms with Crippen LogP contribution in [-0.2, 0) is 0 Å². The predicted molar refractivity (Wildman–Crippen MR) is 59.1 cm³/mol. The lowest BCUT2D eigenvalue weighted by Crippen LogP contribution is -1.88. The number of aromatic nitrogens is 1. The maximum Gasteiger partial charge on any atom is 0.140 e. The molecule has 1 aromatic heterocycles. The van der Waals surface area contributed by atoms with Crippen molar-refractivity contribution in [3.63, 3.8) is 0 Å². The zero-order valence-corrected chi connectivity index (χ0v) is 9.40. The van der Waals surface area contributed by atoms with E-state index >= 15 is 0 Å². The molecule has 0 atom stereocenters. The molecule has 1 heterocycles. The summed E-state index contributed by atoms with van der Waals surface area (Å²) in [5, 5.41) is 2.75. The normalized spacial score (nSPS) is 10.3. The minimum absolute atomic E-state index is 0.322. The third-order valence-electron chi connectivity index (χ3n) is 1.87. The molecule has 0 aliphatic carbocycles. The van der Waals surface area contributed by atoms with E-state index in [0.717, 1.165) is 0 Å². The first kappa shape index (κ1) is 10.4. The first-order chi connectivity index (χ1) is 7.20. The van der Waals surface area contributed by atoms with Gasteiger partial charge in [-0.25, -0.2) is 9.37 Å². The van der Waals surface area contributed by atoms with Gasteiger partial charge in [0.2, 0.25) is 0 Å². The lowest BCUT2D eigenvalue weighted by molar-refractivity contribution is 0.415. The summed E-state index contributed by atoms with van der Waals surface area (Å²) in [5.41, 5.74) is 0.620. The molecule has 0 bridgehead atoms. The minimum atomic E-state index is -0.322. The molecule has 1 aromatic carbocycles. The first-order valence-corrected chi connectivity index (χ1v) is 5.41. The molecule has 0 spiro atoms. The van der Waals surface area contributed by atoms with Gasteiger partial charge in [0.1, 0.15) is 21.7 Å². The Labute approximate surface area is 95.3 Å². The van der Waals surface area contributed by atoms with Gasteiger partial charge in [-0.15, -0.1) is 11.3 Å². The summed E-state index contributed by atoms with van der Waals surface area (Å²) in [5.74, 6) is 0.263. The van der Waals surface area contributed by atoms with Crippen LogP contribution >= 0.6 is 22.9 Å². The quantitative estimate of drug-likeness (QED) is 0.804. The van der Waals surface area contributed by atoms with Gasteiger partial charge >= 0.3 is 0 Å². The number of halogens is 2. The molecule has 2 rings (SSSR count). The molecule has 0 saturated heterocycles. The van der Waals surface area contributed by atoms with E-state index in [2.05, 4.69) is 4.98 Å². The van der Waals surface area contributed by atoms with E-state index in [1.54, 1.807) is 11.4 Å². The highest BCUT2D eigenvalue weighted by Gasteiger charge is 2.10. The zero-order chi connectivity index (χ0) is 10.8. The van der Waals surface area contributed by atoms with Crippen LogP contribution in [0.2, 0.25) is 5.15 Å². The Balaban J connectivity index is 2.55. The van der Waals surface area contributed by atoms with Crippen LogP contribution in [0.25, 0.3) is 10.6 Å². The van der Waals surface area contributed by atoms with Crippen molar-refractivity contribution < 1.29 is 9.13 Å². The van der Waals surface area contributed by atoms with Crippen LogP contribution in [0.3, 0.4) is 0 Å². The maximum atomic E-state index is 13.1. The van der Waals surface area contributed by atoms with Crippen LogP contribution in [-0.4, -0.2) is 12.1 Å². The van der Waals surface area contributed by atoms with Crippen LogP contribution in [0.5, 0.6) is 5.75 Å². The highest BCUT2D eigenvalue weighted by molar-refractivity contribution is 7.13. The molecule has 2 nitrogen and oxygen atoms in total. The number of hydrogen-bond donors (Lipinski definition) is 0. The highest BCUT2D eigenvalue weighted by Crippen LogP contribution is 2.33. The fourth-order valence-corrected chi connectivity index (χ4v) is 2.19. The summed E-state index contributed by atoms with van der Waals surface area (Å²) in [4.78, 5) is 4.07. The van der Waals surface area contributed by atoms with Crippen LogP contribution in [0.1, 0.15) is 0 Å². The van der Waals surface area contributed by atoms with Gasteiger partial charge in [0.25, 0.3) is 0 Å². The first-order valence-electron chi connectivity index (χ1n) is 4.15.